The van der Waals surface area contributed by atoms with Crippen molar-refractivity contribution in [3.8, 4) is 0 Å². The van der Waals surface area contributed by atoms with E-state index in [1.54, 1.807) is 0 Å². The Morgan fingerprint density at radius 1 is 1.25 bits per heavy atom. The van der Waals surface area contributed by atoms with Crippen LogP contribution in [0, 0.1) is 5.41 Å². The first-order valence-electron chi connectivity index (χ1n) is 8.23. The highest BCUT2D eigenvalue weighted by molar-refractivity contribution is 5.03. The average molecular weight is 276 g/mol. The molecular formula is C16H28N4. The molecule has 1 aliphatic carbocycles. The molecule has 2 unspecified atom stereocenters. The maximum absolute atomic E-state index is 4.47. The lowest BCUT2D eigenvalue weighted by Gasteiger charge is -2.22. The number of hydrogen-bond donors (Lipinski definition) is 1. The number of fused-ring (bicyclic) bond motifs is 1. The molecule has 0 spiro atoms. The van der Waals surface area contributed by atoms with Crippen LogP contribution in [0.3, 0.4) is 0 Å². The molecule has 2 heterocycles. The molecule has 0 amide bonds. The van der Waals surface area contributed by atoms with E-state index in [4.69, 9.17) is 0 Å². The number of hydrogen-bond acceptors (Lipinski definition) is 3. The Morgan fingerprint density at radius 2 is 2.10 bits per heavy atom. The van der Waals surface area contributed by atoms with Crippen molar-refractivity contribution in [1.29, 1.82) is 0 Å². The Bertz CT molecular complexity index is 463. The van der Waals surface area contributed by atoms with E-state index in [9.17, 15) is 0 Å². The molecule has 2 aliphatic rings. The third-order valence-electron chi connectivity index (χ3n) is 4.98. The van der Waals surface area contributed by atoms with Crippen molar-refractivity contribution < 1.29 is 0 Å². The van der Waals surface area contributed by atoms with Gasteiger partial charge in [-0.15, -0.1) is 10.2 Å². The van der Waals surface area contributed by atoms with Crippen LogP contribution in [0.15, 0.2) is 0 Å². The molecule has 1 aliphatic heterocycles. The van der Waals surface area contributed by atoms with Crippen molar-refractivity contribution in [2.24, 2.45) is 5.41 Å². The minimum Gasteiger partial charge on any atom is -0.314 e. The Morgan fingerprint density at radius 3 is 2.85 bits per heavy atom. The summed E-state index contributed by atoms with van der Waals surface area (Å²) >= 11 is 0. The molecular weight excluding hydrogens is 248 g/mol. The lowest BCUT2D eigenvalue weighted by molar-refractivity contribution is 0.351. The summed E-state index contributed by atoms with van der Waals surface area (Å²) in [5.41, 5.74) is 0.499. The molecule has 1 fully saturated rings. The van der Waals surface area contributed by atoms with Gasteiger partial charge in [0.2, 0.25) is 0 Å². The highest BCUT2D eigenvalue weighted by Gasteiger charge is 2.32. The fourth-order valence-electron chi connectivity index (χ4n) is 3.83. The van der Waals surface area contributed by atoms with Gasteiger partial charge in [-0.3, -0.25) is 0 Å². The van der Waals surface area contributed by atoms with Gasteiger partial charge in [0.1, 0.15) is 11.6 Å². The molecule has 1 N–H and O–H groups in total. The number of aromatic nitrogens is 3. The molecule has 20 heavy (non-hydrogen) atoms. The Balaban J connectivity index is 1.68. The fourth-order valence-corrected chi connectivity index (χ4v) is 3.83. The van der Waals surface area contributed by atoms with Crippen LogP contribution in [-0.4, -0.2) is 20.8 Å². The van der Waals surface area contributed by atoms with E-state index in [-0.39, 0.29) is 0 Å². The number of nitrogens with one attached hydrogen (secondary N) is 1. The van der Waals surface area contributed by atoms with E-state index >= 15 is 0 Å². The summed E-state index contributed by atoms with van der Waals surface area (Å²) < 4.78 is 2.37. The second kappa shape index (κ2) is 5.47. The lowest BCUT2D eigenvalue weighted by Crippen LogP contribution is -2.31. The maximum Gasteiger partial charge on any atom is 0.149 e. The maximum atomic E-state index is 4.47. The molecule has 0 aromatic carbocycles. The van der Waals surface area contributed by atoms with Gasteiger partial charge in [0.05, 0.1) is 6.04 Å². The van der Waals surface area contributed by atoms with Crippen molar-refractivity contribution in [2.45, 2.75) is 84.3 Å². The molecule has 0 radical (unpaired) electrons. The zero-order chi connectivity index (χ0) is 14.2. The minimum atomic E-state index is 0.313. The molecule has 4 heteroatoms. The van der Waals surface area contributed by atoms with E-state index in [2.05, 4.69) is 40.9 Å². The summed E-state index contributed by atoms with van der Waals surface area (Å²) in [6.45, 7) is 8.10. The van der Waals surface area contributed by atoms with Gasteiger partial charge >= 0.3 is 0 Å². The van der Waals surface area contributed by atoms with Gasteiger partial charge in [0.15, 0.2) is 0 Å². The second-order valence-electron chi connectivity index (χ2n) is 7.43. The molecule has 1 aromatic rings. The Hall–Kier alpha value is -0.900. The van der Waals surface area contributed by atoms with E-state index in [1.165, 1.54) is 44.3 Å². The van der Waals surface area contributed by atoms with Crippen LogP contribution in [-0.2, 0) is 13.0 Å². The third-order valence-corrected chi connectivity index (χ3v) is 4.98. The smallest absolute Gasteiger partial charge is 0.149 e. The van der Waals surface area contributed by atoms with E-state index in [0.29, 0.717) is 17.5 Å². The van der Waals surface area contributed by atoms with Crippen LogP contribution in [0.25, 0.3) is 0 Å². The molecule has 0 bridgehead atoms. The van der Waals surface area contributed by atoms with Gasteiger partial charge in [-0.25, -0.2) is 0 Å². The SMILES string of the molecule is CC(NC1CCC(C)(C)C1)c1nnc2n1CCCCC2. The molecule has 112 valence electrons. The van der Waals surface area contributed by atoms with Gasteiger partial charge in [-0.1, -0.05) is 20.3 Å². The predicted octanol–water partition coefficient (Wildman–Crippen LogP) is 3.23. The Labute approximate surface area is 122 Å². The molecule has 0 saturated heterocycles. The minimum absolute atomic E-state index is 0.313. The van der Waals surface area contributed by atoms with E-state index in [1.807, 2.05) is 0 Å². The Kier molecular flexibility index (Phi) is 3.85. The van der Waals surface area contributed by atoms with Crippen LogP contribution >= 0.6 is 0 Å². The lowest BCUT2D eigenvalue weighted by atomic mass is 9.92. The van der Waals surface area contributed by atoms with Crippen LogP contribution < -0.4 is 5.32 Å². The first-order valence-corrected chi connectivity index (χ1v) is 8.23. The molecule has 1 saturated carbocycles. The van der Waals surface area contributed by atoms with Crippen LogP contribution in [0.5, 0.6) is 0 Å². The predicted molar refractivity (Wildman–Crippen MR) is 80.5 cm³/mol. The highest BCUT2D eigenvalue weighted by atomic mass is 15.3. The summed E-state index contributed by atoms with van der Waals surface area (Å²) in [6, 6.07) is 0.951. The van der Waals surface area contributed by atoms with Gasteiger partial charge in [-0.2, -0.15) is 0 Å². The van der Waals surface area contributed by atoms with Gasteiger partial charge in [-0.05, 0) is 44.4 Å². The third kappa shape index (κ3) is 2.90. The first-order chi connectivity index (χ1) is 9.55. The molecule has 2 atom stereocenters. The standard InChI is InChI=1S/C16H28N4/c1-12(17-13-8-9-16(2,3)11-13)15-19-18-14-7-5-4-6-10-20(14)15/h12-13,17H,4-11H2,1-3H3. The van der Waals surface area contributed by atoms with Gasteiger partial charge in [0, 0.05) is 19.0 Å². The van der Waals surface area contributed by atoms with Crippen LogP contribution in [0.1, 0.15) is 77.0 Å². The van der Waals surface area contributed by atoms with Crippen molar-refractivity contribution in [2.75, 3.05) is 0 Å². The quantitative estimate of drug-likeness (QED) is 0.921. The first kappa shape index (κ1) is 14.1. The summed E-state index contributed by atoms with van der Waals surface area (Å²) in [5.74, 6) is 2.34. The van der Waals surface area contributed by atoms with Gasteiger partial charge in [0.25, 0.3) is 0 Å². The van der Waals surface area contributed by atoms with Gasteiger partial charge < -0.3 is 9.88 Å². The molecule has 4 nitrogen and oxygen atoms in total. The summed E-state index contributed by atoms with van der Waals surface area (Å²) in [4.78, 5) is 0. The van der Waals surface area contributed by atoms with Crippen molar-refractivity contribution in [3.63, 3.8) is 0 Å². The monoisotopic (exact) mass is 276 g/mol. The second-order valence-corrected chi connectivity index (χ2v) is 7.43. The zero-order valence-corrected chi connectivity index (χ0v) is 13.2. The average Bonchev–Trinajstić information content (AvgIpc) is 2.85. The summed E-state index contributed by atoms with van der Waals surface area (Å²) in [6.07, 6.45) is 8.83. The van der Waals surface area contributed by atoms with E-state index < -0.39 is 0 Å². The molecule has 1 aromatic heterocycles. The van der Waals surface area contributed by atoms with Crippen LogP contribution in [0.2, 0.25) is 0 Å². The largest absolute Gasteiger partial charge is 0.314 e. The summed E-state index contributed by atoms with van der Waals surface area (Å²) in [5, 5.41) is 12.7. The van der Waals surface area contributed by atoms with Crippen LogP contribution in [0.4, 0.5) is 0 Å². The summed E-state index contributed by atoms with van der Waals surface area (Å²) in [7, 11) is 0. The fraction of sp³-hybridized carbons (Fsp3) is 0.875. The number of nitrogens with zero attached hydrogens (tertiary/aromatic N) is 3. The van der Waals surface area contributed by atoms with Crippen molar-refractivity contribution >= 4 is 0 Å². The zero-order valence-electron chi connectivity index (χ0n) is 13.2. The number of rotatable bonds is 3. The molecule has 3 rings (SSSR count). The van der Waals surface area contributed by atoms with Crippen molar-refractivity contribution in [3.05, 3.63) is 11.6 Å². The normalized spacial score (nSPS) is 27.1. The highest BCUT2D eigenvalue weighted by Crippen LogP contribution is 2.37. The number of aryl methyl sites for hydroxylation is 1. The topological polar surface area (TPSA) is 42.7 Å². The van der Waals surface area contributed by atoms with E-state index in [0.717, 1.165) is 18.8 Å². The van der Waals surface area contributed by atoms with Crippen molar-refractivity contribution in [1.82, 2.24) is 20.1 Å².